The standard InChI is InChI=1S/C28H36F2N4O3S/c1-3-34-15-22-20(5-4-6-21(22)26(34)36)25(35)31-19-9-7-18(8-10-19)11-13-33-14-12-24-23(16-33)32-27(38-24)37-17-28(2,29)30/h4-6,18-19H,3,7-17H2,1-2H3,(H,31,35)/t18-,19-. The molecule has 0 spiro atoms. The number of nitrogens with one attached hydrogen (secondary N) is 1. The minimum absolute atomic E-state index is 0.00675. The van der Waals surface area contributed by atoms with Crippen LogP contribution in [0.15, 0.2) is 18.2 Å². The molecule has 3 aliphatic rings. The fourth-order valence-corrected chi connectivity index (χ4v) is 6.66. The molecule has 7 nitrogen and oxygen atoms in total. The number of fused-ring (bicyclic) bond motifs is 2. The van der Waals surface area contributed by atoms with E-state index in [0.717, 1.165) is 81.2 Å². The van der Waals surface area contributed by atoms with Crippen molar-refractivity contribution in [1.82, 2.24) is 20.1 Å². The lowest BCUT2D eigenvalue weighted by Crippen LogP contribution is -2.38. The van der Waals surface area contributed by atoms with E-state index >= 15 is 0 Å². The molecule has 1 fully saturated rings. The lowest BCUT2D eigenvalue weighted by molar-refractivity contribution is -0.0230. The molecule has 1 saturated carbocycles. The fraction of sp³-hybridized carbons (Fsp3) is 0.607. The van der Waals surface area contributed by atoms with Crippen molar-refractivity contribution in [1.29, 1.82) is 0 Å². The van der Waals surface area contributed by atoms with Crippen molar-refractivity contribution in [3.8, 4) is 5.19 Å². The molecule has 1 aromatic carbocycles. The number of hydrogen-bond acceptors (Lipinski definition) is 6. The third-order valence-corrected chi connectivity index (χ3v) is 9.01. The van der Waals surface area contributed by atoms with Crippen LogP contribution in [0.3, 0.4) is 0 Å². The molecule has 2 aliphatic heterocycles. The maximum absolute atomic E-state index is 13.1. The largest absolute Gasteiger partial charge is 0.464 e. The van der Waals surface area contributed by atoms with Gasteiger partial charge in [0.15, 0.2) is 6.61 Å². The number of amides is 2. The second kappa shape index (κ2) is 11.3. The summed E-state index contributed by atoms with van der Waals surface area (Å²) in [6.07, 6.45) is 6.07. The van der Waals surface area contributed by atoms with Gasteiger partial charge in [-0.25, -0.2) is 13.8 Å². The predicted molar refractivity (Wildman–Crippen MR) is 142 cm³/mol. The van der Waals surface area contributed by atoms with Crippen LogP contribution < -0.4 is 10.1 Å². The van der Waals surface area contributed by atoms with Crippen molar-refractivity contribution in [3.63, 3.8) is 0 Å². The van der Waals surface area contributed by atoms with E-state index in [0.29, 0.717) is 35.3 Å². The predicted octanol–water partition coefficient (Wildman–Crippen LogP) is 4.89. The summed E-state index contributed by atoms with van der Waals surface area (Å²) in [5.74, 6) is -2.30. The van der Waals surface area contributed by atoms with Gasteiger partial charge in [0.25, 0.3) is 22.9 Å². The van der Waals surface area contributed by atoms with E-state index in [2.05, 4.69) is 15.2 Å². The van der Waals surface area contributed by atoms with E-state index < -0.39 is 12.5 Å². The lowest BCUT2D eigenvalue weighted by atomic mass is 9.83. The molecule has 0 bridgehead atoms. The number of carbonyl (C=O) groups excluding carboxylic acids is 2. The molecule has 206 valence electrons. The fourth-order valence-electron chi connectivity index (χ4n) is 5.75. The van der Waals surface area contributed by atoms with Gasteiger partial charge in [0.1, 0.15) is 0 Å². The van der Waals surface area contributed by atoms with Gasteiger partial charge < -0.3 is 15.0 Å². The number of thiazole rings is 1. The van der Waals surface area contributed by atoms with Gasteiger partial charge in [-0.1, -0.05) is 17.4 Å². The second-order valence-electron chi connectivity index (χ2n) is 10.9. The average Bonchev–Trinajstić information content (AvgIpc) is 3.46. The molecule has 0 radical (unpaired) electrons. The van der Waals surface area contributed by atoms with Crippen LogP contribution in [0.1, 0.15) is 82.8 Å². The maximum Gasteiger partial charge on any atom is 0.278 e. The number of rotatable bonds is 9. The molecule has 2 aromatic rings. The van der Waals surface area contributed by atoms with Gasteiger partial charge in [-0.3, -0.25) is 14.5 Å². The van der Waals surface area contributed by atoms with Crippen molar-refractivity contribution >= 4 is 23.2 Å². The first-order valence-corrected chi connectivity index (χ1v) is 14.5. The SMILES string of the molecule is CCN1Cc2c(C(=O)N[C@H]3CC[C@H](CCN4CCc5sc(OCC(C)(F)F)nc5C4)CC3)cccc2C1=O. The number of alkyl halides is 2. The number of halogens is 2. The monoisotopic (exact) mass is 546 g/mol. The van der Waals surface area contributed by atoms with E-state index in [9.17, 15) is 18.4 Å². The quantitative estimate of drug-likeness (QED) is 0.485. The molecule has 5 rings (SSSR count). The Labute approximate surface area is 226 Å². The van der Waals surface area contributed by atoms with Crippen molar-refractivity contribution < 1.29 is 23.1 Å². The third-order valence-electron chi connectivity index (χ3n) is 7.94. The summed E-state index contributed by atoms with van der Waals surface area (Å²) in [4.78, 5) is 35.3. The molecule has 1 N–H and O–H groups in total. The van der Waals surface area contributed by atoms with Crippen LogP contribution in [0, 0.1) is 5.92 Å². The Balaban J connectivity index is 1.06. The highest BCUT2D eigenvalue weighted by atomic mass is 32.1. The molecule has 1 aromatic heterocycles. The van der Waals surface area contributed by atoms with Gasteiger partial charge >= 0.3 is 0 Å². The Morgan fingerprint density at radius 1 is 1.24 bits per heavy atom. The Morgan fingerprint density at radius 2 is 2.03 bits per heavy atom. The zero-order valence-electron chi connectivity index (χ0n) is 22.1. The van der Waals surface area contributed by atoms with Crippen molar-refractivity contribution in [2.75, 3.05) is 26.2 Å². The zero-order chi connectivity index (χ0) is 26.9. The number of hydrogen-bond donors (Lipinski definition) is 1. The summed E-state index contributed by atoms with van der Waals surface area (Å²) < 4.78 is 31.4. The smallest absolute Gasteiger partial charge is 0.278 e. The highest BCUT2D eigenvalue weighted by Crippen LogP contribution is 2.32. The number of carbonyl (C=O) groups is 2. The van der Waals surface area contributed by atoms with Crippen LogP contribution in [0.5, 0.6) is 5.19 Å². The van der Waals surface area contributed by atoms with Crippen LogP contribution in [-0.2, 0) is 19.5 Å². The van der Waals surface area contributed by atoms with Crippen LogP contribution in [0.4, 0.5) is 8.78 Å². The van der Waals surface area contributed by atoms with Crippen LogP contribution in [0.25, 0.3) is 0 Å². The first-order chi connectivity index (χ1) is 18.2. The van der Waals surface area contributed by atoms with E-state index in [1.807, 2.05) is 19.1 Å². The third kappa shape index (κ3) is 6.17. The Kier molecular flexibility index (Phi) is 8.00. The summed E-state index contributed by atoms with van der Waals surface area (Å²) >= 11 is 1.39. The summed E-state index contributed by atoms with van der Waals surface area (Å²) in [6, 6.07) is 5.60. The highest BCUT2D eigenvalue weighted by molar-refractivity contribution is 7.13. The van der Waals surface area contributed by atoms with E-state index in [4.69, 9.17) is 4.74 Å². The average molecular weight is 547 g/mol. The molecular formula is C28H36F2N4O3S. The van der Waals surface area contributed by atoms with Crippen LogP contribution in [-0.4, -0.2) is 64.8 Å². The van der Waals surface area contributed by atoms with Crippen molar-refractivity contribution in [3.05, 3.63) is 45.5 Å². The van der Waals surface area contributed by atoms with Gasteiger partial charge in [0.05, 0.1) is 5.69 Å². The van der Waals surface area contributed by atoms with Gasteiger partial charge in [0, 0.05) is 55.1 Å². The van der Waals surface area contributed by atoms with Gasteiger partial charge in [0.2, 0.25) is 0 Å². The lowest BCUT2D eigenvalue weighted by Gasteiger charge is -2.32. The van der Waals surface area contributed by atoms with Crippen molar-refractivity contribution in [2.24, 2.45) is 5.92 Å². The van der Waals surface area contributed by atoms with Gasteiger partial charge in [-0.15, -0.1) is 0 Å². The molecule has 10 heteroatoms. The minimum atomic E-state index is -2.86. The molecule has 1 aliphatic carbocycles. The Bertz CT molecular complexity index is 1170. The molecule has 3 heterocycles. The summed E-state index contributed by atoms with van der Waals surface area (Å²) in [7, 11) is 0. The summed E-state index contributed by atoms with van der Waals surface area (Å²) in [5, 5.41) is 3.57. The molecule has 0 unspecified atom stereocenters. The maximum atomic E-state index is 13.1. The van der Waals surface area contributed by atoms with Gasteiger partial charge in [-0.05, 0) is 75.6 Å². The molecule has 0 atom stereocenters. The van der Waals surface area contributed by atoms with Crippen molar-refractivity contribution in [2.45, 2.75) is 77.4 Å². The van der Waals surface area contributed by atoms with E-state index in [1.54, 1.807) is 11.0 Å². The molecule has 0 saturated heterocycles. The molecular weight excluding hydrogens is 510 g/mol. The first-order valence-electron chi connectivity index (χ1n) is 13.6. The van der Waals surface area contributed by atoms with E-state index in [1.165, 1.54) is 11.3 Å². The Morgan fingerprint density at radius 3 is 2.76 bits per heavy atom. The van der Waals surface area contributed by atoms with Crippen LogP contribution in [0.2, 0.25) is 0 Å². The number of ether oxygens (including phenoxy) is 1. The minimum Gasteiger partial charge on any atom is -0.464 e. The molecule has 2 amide bonds. The number of benzene rings is 1. The summed E-state index contributed by atoms with van der Waals surface area (Å²) in [6.45, 7) is 5.97. The molecule has 38 heavy (non-hydrogen) atoms. The van der Waals surface area contributed by atoms with Gasteiger partial charge in [-0.2, -0.15) is 0 Å². The van der Waals surface area contributed by atoms with E-state index in [-0.39, 0.29) is 17.9 Å². The van der Waals surface area contributed by atoms with Crippen LogP contribution >= 0.6 is 11.3 Å². The zero-order valence-corrected chi connectivity index (χ0v) is 22.9. The normalized spacial score (nSPS) is 21.8. The summed E-state index contributed by atoms with van der Waals surface area (Å²) in [5.41, 5.74) is 3.07. The second-order valence-corrected chi connectivity index (χ2v) is 11.9. The topological polar surface area (TPSA) is 74.8 Å². The number of aromatic nitrogens is 1. The first kappa shape index (κ1) is 27.0. The number of nitrogens with zero attached hydrogens (tertiary/aromatic N) is 3. The highest BCUT2D eigenvalue weighted by Gasteiger charge is 2.31. The Hall–Kier alpha value is -2.59.